The third-order valence-corrected chi connectivity index (χ3v) is 6.20. The highest BCUT2D eigenvalue weighted by atomic mass is 35.5. The number of hydrogen-bond donors (Lipinski definition) is 0. The fourth-order valence-corrected chi connectivity index (χ4v) is 4.31. The lowest BCUT2D eigenvalue weighted by molar-refractivity contribution is 0.709. The molecule has 0 aliphatic carbocycles. The Balaban J connectivity index is 1.46. The molecule has 1 atom stereocenters. The van der Waals surface area contributed by atoms with Crippen molar-refractivity contribution in [3.63, 3.8) is 0 Å². The minimum Gasteiger partial charge on any atom is -0.257 e. The van der Waals surface area contributed by atoms with E-state index in [0.717, 1.165) is 34.5 Å². The van der Waals surface area contributed by atoms with Crippen molar-refractivity contribution in [3.05, 3.63) is 136 Å². The van der Waals surface area contributed by atoms with Crippen molar-refractivity contribution in [3.8, 4) is 6.07 Å². The summed E-state index contributed by atoms with van der Waals surface area (Å²) in [5.41, 5.74) is 6.87. The lowest BCUT2D eigenvalue weighted by Crippen LogP contribution is -2.18. The standard InChI is InChI=1S/C30H22ClN3/c31-27-15-13-23(14-16-27)26(21-32)19-22-11-17-28(18-12-22)34-30(25-9-5-2-6-10-25)20-29(33-34)24-7-3-1-4-8-24/h1-19,30H,20H2. The Morgan fingerprint density at radius 3 is 2.15 bits per heavy atom. The van der Waals surface area contributed by atoms with Gasteiger partial charge in [0.1, 0.15) is 0 Å². The quantitative estimate of drug-likeness (QED) is 0.226. The van der Waals surface area contributed by atoms with E-state index in [1.807, 2.05) is 54.6 Å². The number of benzene rings is 4. The summed E-state index contributed by atoms with van der Waals surface area (Å²) in [6.45, 7) is 0. The van der Waals surface area contributed by atoms with Crippen molar-refractivity contribution < 1.29 is 0 Å². The van der Waals surface area contributed by atoms with Crippen LogP contribution in [0, 0.1) is 11.3 Å². The van der Waals surface area contributed by atoms with Crippen molar-refractivity contribution in [1.29, 1.82) is 5.26 Å². The van der Waals surface area contributed by atoms with Crippen LogP contribution in [0.25, 0.3) is 11.6 Å². The maximum atomic E-state index is 9.66. The predicted octanol–water partition coefficient (Wildman–Crippen LogP) is 7.76. The summed E-state index contributed by atoms with van der Waals surface area (Å²) >= 11 is 5.99. The molecule has 4 aromatic rings. The Morgan fingerprint density at radius 2 is 1.50 bits per heavy atom. The lowest BCUT2D eigenvalue weighted by Gasteiger charge is -2.24. The third kappa shape index (κ3) is 4.64. The van der Waals surface area contributed by atoms with E-state index in [1.54, 1.807) is 12.1 Å². The molecule has 0 spiro atoms. The molecule has 1 aliphatic heterocycles. The molecule has 0 amide bonds. The summed E-state index contributed by atoms with van der Waals surface area (Å²) in [4.78, 5) is 0. The first kappa shape index (κ1) is 21.7. The first-order chi connectivity index (χ1) is 16.7. The molecule has 0 aromatic heterocycles. The van der Waals surface area contributed by atoms with Gasteiger partial charge in [0.15, 0.2) is 0 Å². The Morgan fingerprint density at radius 1 is 0.853 bits per heavy atom. The summed E-state index contributed by atoms with van der Waals surface area (Å²) in [6, 6.07) is 38.8. The normalized spacial score (nSPS) is 15.6. The monoisotopic (exact) mass is 459 g/mol. The second-order valence-corrected chi connectivity index (χ2v) is 8.59. The highest BCUT2D eigenvalue weighted by Gasteiger charge is 2.29. The topological polar surface area (TPSA) is 39.4 Å². The van der Waals surface area contributed by atoms with E-state index in [-0.39, 0.29) is 6.04 Å². The van der Waals surface area contributed by atoms with Gasteiger partial charge >= 0.3 is 0 Å². The Labute approximate surface area is 204 Å². The van der Waals surface area contributed by atoms with Crippen molar-refractivity contribution in [2.45, 2.75) is 12.5 Å². The van der Waals surface area contributed by atoms with Crippen molar-refractivity contribution >= 4 is 34.6 Å². The molecule has 0 N–H and O–H groups in total. The van der Waals surface area contributed by atoms with Gasteiger partial charge < -0.3 is 0 Å². The average Bonchev–Trinajstić information content (AvgIpc) is 3.35. The first-order valence-electron chi connectivity index (χ1n) is 11.2. The summed E-state index contributed by atoms with van der Waals surface area (Å²) in [5, 5.41) is 17.4. The van der Waals surface area contributed by atoms with Gasteiger partial charge in [-0.3, -0.25) is 5.01 Å². The molecule has 164 valence electrons. The van der Waals surface area contributed by atoms with Crippen molar-refractivity contribution in [2.75, 3.05) is 5.01 Å². The van der Waals surface area contributed by atoms with Crippen molar-refractivity contribution in [2.24, 2.45) is 5.10 Å². The SMILES string of the molecule is N#CC(=Cc1ccc(N2N=C(c3ccccc3)CC2c2ccccc2)cc1)c1ccc(Cl)cc1. The van der Waals surface area contributed by atoms with Gasteiger partial charge in [-0.25, -0.2) is 0 Å². The molecule has 4 heteroatoms. The van der Waals surface area contributed by atoms with Gasteiger partial charge in [-0.2, -0.15) is 10.4 Å². The van der Waals surface area contributed by atoms with E-state index in [1.165, 1.54) is 5.56 Å². The van der Waals surface area contributed by atoms with Crippen molar-refractivity contribution in [1.82, 2.24) is 0 Å². The largest absolute Gasteiger partial charge is 0.257 e. The smallest absolute Gasteiger partial charge is 0.0998 e. The Bertz CT molecular complexity index is 1370. The number of rotatable bonds is 5. The zero-order chi connectivity index (χ0) is 23.3. The van der Waals surface area contributed by atoms with Gasteiger partial charge in [0.25, 0.3) is 0 Å². The second-order valence-electron chi connectivity index (χ2n) is 8.16. The summed E-state index contributed by atoms with van der Waals surface area (Å²) in [7, 11) is 0. The number of hydrazone groups is 1. The number of hydrogen-bond acceptors (Lipinski definition) is 3. The van der Waals surface area contributed by atoms with Crippen LogP contribution in [0.5, 0.6) is 0 Å². The number of halogens is 1. The minimum absolute atomic E-state index is 0.126. The van der Waals surface area contributed by atoms with Crippen LogP contribution in [-0.4, -0.2) is 5.71 Å². The van der Waals surface area contributed by atoms with Crippen LogP contribution in [0.15, 0.2) is 114 Å². The lowest BCUT2D eigenvalue weighted by atomic mass is 9.98. The highest BCUT2D eigenvalue weighted by molar-refractivity contribution is 6.30. The molecule has 1 heterocycles. The van der Waals surface area contributed by atoms with Gasteiger partial charge in [-0.1, -0.05) is 96.5 Å². The van der Waals surface area contributed by atoms with Crippen LogP contribution in [0.4, 0.5) is 5.69 Å². The summed E-state index contributed by atoms with van der Waals surface area (Å²) < 4.78 is 0. The number of anilines is 1. The van der Waals surface area contributed by atoms with Gasteiger partial charge in [-0.05, 0) is 52.6 Å². The summed E-state index contributed by atoms with van der Waals surface area (Å²) in [5.74, 6) is 0. The van der Waals surface area contributed by atoms with Gasteiger partial charge in [-0.15, -0.1) is 0 Å². The number of nitriles is 1. The Hall–Kier alpha value is -4.13. The fraction of sp³-hybridized carbons (Fsp3) is 0.0667. The van der Waals surface area contributed by atoms with Crippen LogP contribution in [-0.2, 0) is 0 Å². The molecular formula is C30H22ClN3. The van der Waals surface area contributed by atoms with Crippen LogP contribution in [0.2, 0.25) is 5.02 Å². The molecule has 4 aromatic carbocycles. The van der Waals surface area contributed by atoms with Crippen LogP contribution < -0.4 is 5.01 Å². The second kappa shape index (κ2) is 9.79. The fourth-order valence-electron chi connectivity index (χ4n) is 4.19. The number of allylic oxidation sites excluding steroid dienone is 1. The molecular weight excluding hydrogens is 438 g/mol. The molecule has 0 saturated carbocycles. The zero-order valence-corrected chi connectivity index (χ0v) is 19.2. The molecule has 34 heavy (non-hydrogen) atoms. The molecule has 0 bridgehead atoms. The van der Waals surface area contributed by atoms with Gasteiger partial charge in [0.05, 0.1) is 29.1 Å². The summed E-state index contributed by atoms with van der Waals surface area (Å²) in [6.07, 6.45) is 2.73. The van der Waals surface area contributed by atoms with Crippen LogP contribution in [0.1, 0.15) is 34.7 Å². The minimum atomic E-state index is 0.126. The molecule has 3 nitrogen and oxygen atoms in total. The zero-order valence-electron chi connectivity index (χ0n) is 18.5. The predicted molar refractivity (Wildman–Crippen MR) is 141 cm³/mol. The van der Waals surface area contributed by atoms with E-state index >= 15 is 0 Å². The van der Waals surface area contributed by atoms with E-state index in [2.05, 4.69) is 59.6 Å². The molecule has 1 aliphatic rings. The van der Waals surface area contributed by atoms with Gasteiger partial charge in [0.2, 0.25) is 0 Å². The van der Waals surface area contributed by atoms with E-state index < -0.39 is 0 Å². The molecule has 0 fully saturated rings. The maximum Gasteiger partial charge on any atom is 0.0998 e. The van der Waals surface area contributed by atoms with Crippen LogP contribution in [0.3, 0.4) is 0 Å². The molecule has 1 unspecified atom stereocenters. The van der Waals surface area contributed by atoms with E-state index in [0.29, 0.717) is 10.6 Å². The van der Waals surface area contributed by atoms with Gasteiger partial charge in [0, 0.05) is 11.4 Å². The molecule has 5 rings (SSSR count). The maximum absolute atomic E-state index is 9.66. The first-order valence-corrected chi connectivity index (χ1v) is 11.5. The average molecular weight is 460 g/mol. The Kier molecular flexibility index (Phi) is 6.25. The van der Waals surface area contributed by atoms with E-state index in [9.17, 15) is 5.26 Å². The highest BCUT2D eigenvalue weighted by Crippen LogP contribution is 2.37. The molecule has 0 saturated heterocycles. The third-order valence-electron chi connectivity index (χ3n) is 5.95. The van der Waals surface area contributed by atoms with E-state index in [4.69, 9.17) is 16.7 Å². The van der Waals surface area contributed by atoms with Crippen LogP contribution >= 0.6 is 11.6 Å². The number of nitrogens with zero attached hydrogens (tertiary/aromatic N) is 3. The molecule has 0 radical (unpaired) electrons.